The fourth-order valence-electron chi connectivity index (χ4n) is 0.715. The van der Waals surface area contributed by atoms with Gasteiger partial charge in [0.2, 0.25) is 0 Å². The zero-order valence-electron chi connectivity index (χ0n) is 7.39. The number of hydrogen-bond acceptors (Lipinski definition) is 1. The topological polar surface area (TPSA) is 17.1 Å². The van der Waals surface area contributed by atoms with Crippen LogP contribution < -0.4 is 0 Å². The SMILES string of the molecule is CCCCC#C[C@@H](C)CC=O. The van der Waals surface area contributed by atoms with Crippen molar-refractivity contribution in [1.29, 1.82) is 0 Å². The van der Waals surface area contributed by atoms with Crippen LogP contribution in [0.2, 0.25) is 0 Å². The molecule has 0 heterocycles. The molecular formula is C10H16O. The van der Waals surface area contributed by atoms with Crippen LogP contribution in [0, 0.1) is 17.8 Å². The summed E-state index contributed by atoms with van der Waals surface area (Å²) in [5.74, 6) is 6.34. The van der Waals surface area contributed by atoms with Gasteiger partial charge in [0.25, 0.3) is 0 Å². The largest absolute Gasteiger partial charge is 0.303 e. The molecule has 1 atom stereocenters. The van der Waals surface area contributed by atoms with Crippen LogP contribution in [-0.4, -0.2) is 6.29 Å². The molecule has 0 aliphatic heterocycles. The molecule has 0 rings (SSSR count). The van der Waals surface area contributed by atoms with Crippen molar-refractivity contribution >= 4 is 6.29 Å². The van der Waals surface area contributed by atoms with Gasteiger partial charge in [-0.25, -0.2) is 0 Å². The molecule has 0 radical (unpaired) electrons. The van der Waals surface area contributed by atoms with Crippen molar-refractivity contribution in [2.24, 2.45) is 5.92 Å². The van der Waals surface area contributed by atoms with E-state index in [1.165, 1.54) is 12.8 Å². The van der Waals surface area contributed by atoms with Crippen LogP contribution in [0.1, 0.15) is 39.5 Å². The molecule has 1 nitrogen and oxygen atoms in total. The Hall–Kier alpha value is -0.770. The molecule has 1 heteroatoms. The van der Waals surface area contributed by atoms with E-state index in [9.17, 15) is 4.79 Å². The maximum atomic E-state index is 10.0. The first-order valence-electron chi connectivity index (χ1n) is 4.23. The van der Waals surface area contributed by atoms with Crippen LogP contribution >= 0.6 is 0 Å². The molecule has 0 saturated heterocycles. The van der Waals surface area contributed by atoms with Crippen LogP contribution in [-0.2, 0) is 4.79 Å². The van der Waals surface area contributed by atoms with Gasteiger partial charge in [0.1, 0.15) is 6.29 Å². The molecular weight excluding hydrogens is 136 g/mol. The minimum Gasteiger partial charge on any atom is -0.303 e. The smallest absolute Gasteiger partial charge is 0.121 e. The van der Waals surface area contributed by atoms with E-state index >= 15 is 0 Å². The van der Waals surface area contributed by atoms with E-state index in [1.807, 2.05) is 6.92 Å². The van der Waals surface area contributed by atoms with Crippen LogP contribution in [0.3, 0.4) is 0 Å². The van der Waals surface area contributed by atoms with Crippen molar-refractivity contribution in [3.63, 3.8) is 0 Å². The maximum Gasteiger partial charge on any atom is 0.121 e. The van der Waals surface area contributed by atoms with Crippen LogP contribution in [0.25, 0.3) is 0 Å². The van der Waals surface area contributed by atoms with Gasteiger partial charge in [-0.1, -0.05) is 26.2 Å². The molecule has 0 aromatic rings. The Bertz CT molecular complexity index is 150. The second-order valence-electron chi connectivity index (χ2n) is 2.73. The van der Waals surface area contributed by atoms with Gasteiger partial charge in [0.05, 0.1) is 0 Å². The molecule has 0 spiro atoms. The van der Waals surface area contributed by atoms with Gasteiger partial charge in [-0.15, -0.1) is 5.92 Å². The van der Waals surface area contributed by atoms with Gasteiger partial charge in [-0.05, 0) is 6.42 Å². The predicted molar refractivity (Wildman–Crippen MR) is 47.1 cm³/mol. The van der Waals surface area contributed by atoms with Gasteiger partial charge in [-0.2, -0.15) is 0 Å². The lowest BCUT2D eigenvalue weighted by atomic mass is 10.1. The lowest BCUT2D eigenvalue weighted by molar-refractivity contribution is -0.108. The first-order valence-corrected chi connectivity index (χ1v) is 4.23. The second-order valence-corrected chi connectivity index (χ2v) is 2.73. The van der Waals surface area contributed by atoms with E-state index in [0.717, 1.165) is 12.7 Å². The van der Waals surface area contributed by atoms with E-state index < -0.39 is 0 Å². The zero-order chi connectivity index (χ0) is 8.53. The van der Waals surface area contributed by atoms with Crippen molar-refractivity contribution in [3.8, 4) is 11.8 Å². The predicted octanol–water partition coefficient (Wildman–Crippen LogP) is 2.41. The standard InChI is InChI=1S/C10H16O/c1-3-4-5-6-7-10(2)8-9-11/h9-10H,3-5,8H2,1-2H3/t10-/m1/s1. The minimum atomic E-state index is 0.240. The fraction of sp³-hybridized carbons (Fsp3) is 0.700. The summed E-state index contributed by atoms with van der Waals surface area (Å²) in [6.45, 7) is 4.13. The maximum absolute atomic E-state index is 10.0. The molecule has 0 aliphatic carbocycles. The highest BCUT2D eigenvalue weighted by atomic mass is 16.1. The van der Waals surface area contributed by atoms with Gasteiger partial charge >= 0.3 is 0 Å². The molecule has 0 N–H and O–H groups in total. The van der Waals surface area contributed by atoms with Crippen LogP contribution in [0.5, 0.6) is 0 Å². The van der Waals surface area contributed by atoms with Crippen molar-refractivity contribution in [3.05, 3.63) is 0 Å². The van der Waals surface area contributed by atoms with Gasteiger partial charge in [0, 0.05) is 18.8 Å². The van der Waals surface area contributed by atoms with E-state index in [-0.39, 0.29) is 5.92 Å². The van der Waals surface area contributed by atoms with Crippen molar-refractivity contribution in [1.82, 2.24) is 0 Å². The summed E-state index contributed by atoms with van der Waals surface area (Å²) < 4.78 is 0. The molecule has 0 aromatic heterocycles. The van der Waals surface area contributed by atoms with Gasteiger partial charge < -0.3 is 4.79 Å². The molecule has 0 saturated carbocycles. The van der Waals surface area contributed by atoms with E-state index in [0.29, 0.717) is 6.42 Å². The number of hydrogen-bond donors (Lipinski definition) is 0. The molecule has 0 bridgehead atoms. The summed E-state index contributed by atoms with van der Waals surface area (Å²) in [5, 5.41) is 0. The Morgan fingerprint density at radius 3 is 2.82 bits per heavy atom. The third kappa shape index (κ3) is 7.12. The summed E-state index contributed by atoms with van der Waals surface area (Å²) in [6.07, 6.45) is 4.83. The third-order valence-electron chi connectivity index (χ3n) is 1.45. The summed E-state index contributed by atoms with van der Waals surface area (Å²) in [4.78, 5) is 10.0. The highest BCUT2D eigenvalue weighted by Crippen LogP contribution is 1.97. The molecule has 0 aromatic carbocycles. The second kappa shape index (κ2) is 7.34. The van der Waals surface area contributed by atoms with E-state index in [2.05, 4.69) is 18.8 Å². The summed E-state index contributed by atoms with van der Waals surface area (Å²) in [5.41, 5.74) is 0. The first-order chi connectivity index (χ1) is 5.31. The van der Waals surface area contributed by atoms with E-state index in [4.69, 9.17) is 0 Å². The van der Waals surface area contributed by atoms with Gasteiger partial charge in [-0.3, -0.25) is 0 Å². The number of carbonyl (C=O) groups excluding carboxylic acids is 1. The highest BCUT2D eigenvalue weighted by Gasteiger charge is 1.92. The summed E-state index contributed by atoms with van der Waals surface area (Å²) in [6, 6.07) is 0. The Morgan fingerprint density at radius 2 is 2.27 bits per heavy atom. The quantitative estimate of drug-likeness (QED) is 0.343. The number of aldehydes is 1. The fourth-order valence-corrected chi connectivity index (χ4v) is 0.715. The Labute approximate surface area is 69.2 Å². The highest BCUT2D eigenvalue weighted by molar-refractivity contribution is 5.50. The molecule has 11 heavy (non-hydrogen) atoms. The average Bonchev–Trinajstić information content (AvgIpc) is 1.99. The number of carbonyl (C=O) groups is 1. The minimum absolute atomic E-state index is 0.240. The van der Waals surface area contributed by atoms with E-state index in [1.54, 1.807) is 0 Å². The first kappa shape index (κ1) is 10.2. The zero-order valence-corrected chi connectivity index (χ0v) is 7.39. The molecule has 0 fully saturated rings. The third-order valence-corrected chi connectivity index (χ3v) is 1.45. The lowest BCUT2D eigenvalue weighted by Crippen LogP contribution is -1.89. The summed E-state index contributed by atoms with van der Waals surface area (Å²) in [7, 11) is 0. The molecule has 0 unspecified atom stereocenters. The number of rotatable bonds is 4. The Kier molecular flexibility index (Phi) is 6.82. The molecule has 62 valence electrons. The van der Waals surface area contributed by atoms with Gasteiger partial charge in [0.15, 0.2) is 0 Å². The molecule has 0 aliphatic rings. The molecule has 0 amide bonds. The van der Waals surface area contributed by atoms with Crippen molar-refractivity contribution in [2.45, 2.75) is 39.5 Å². The summed E-state index contributed by atoms with van der Waals surface area (Å²) >= 11 is 0. The van der Waals surface area contributed by atoms with Crippen LogP contribution in [0.4, 0.5) is 0 Å². The lowest BCUT2D eigenvalue weighted by Gasteiger charge is -1.93. The Balaban J connectivity index is 3.42. The average molecular weight is 152 g/mol. The van der Waals surface area contributed by atoms with Crippen LogP contribution in [0.15, 0.2) is 0 Å². The number of unbranched alkanes of at least 4 members (excludes halogenated alkanes) is 2. The Morgan fingerprint density at radius 1 is 1.55 bits per heavy atom. The normalized spacial score (nSPS) is 11.5. The van der Waals surface area contributed by atoms with Crippen molar-refractivity contribution < 1.29 is 4.79 Å². The monoisotopic (exact) mass is 152 g/mol. The van der Waals surface area contributed by atoms with Crippen molar-refractivity contribution in [2.75, 3.05) is 0 Å².